The lowest BCUT2D eigenvalue weighted by atomic mass is 10.0. The Hall–Kier alpha value is -4.11. The predicted octanol–water partition coefficient (Wildman–Crippen LogP) is 25.7. The molecule has 10 heteroatoms. The number of rotatable bonds is 70. The molecule has 0 radical (unpaired) electrons. The number of ether oxygens (including phenoxy) is 2. The first-order chi connectivity index (χ1) is 46.0. The molecule has 538 valence electrons. The molecule has 0 heterocycles. The van der Waals surface area contributed by atoms with Gasteiger partial charge < -0.3 is 18.9 Å². The maximum atomic E-state index is 12.9. The second kappa shape index (κ2) is 73.1. The molecule has 2 atom stereocenters. The first kappa shape index (κ1) is 89.9. The van der Waals surface area contributed by atoms with Gasteiger partial charge in [-0.3, -0.25) is 18.6 Å². The van der Waals surface area contributed by atoms with E-state index in [2.05, 4.69) is 160 Å². The van der Waals surface area contributed by atoms with Crippen molar-refractivity contribution >= 4 is 19.8 Å². The molecule has 0 saturated carbocycles. The minimum absolute atomic E-state index is 0.0266. The van der Waals surface area contributed by atoms with Crippen molar-refractivity contribution in [3.63, 3.8) is 0 Å². The Balaban J connectivity index is 4.03. The average molecular weight is 1330 g/mol. The van der Waals surface area contributed by atoms with Gasteiger partial charge in [0.2, 0.25) is 0 Å². The normalized spacial score (nSPS) is 13.9. The van der Waals surface area contributed by atoms with E-state index < -0.39 is 26.5 Å². The zero-order chi connectivity index (χ0) is 68.3. The Morgan fingerprint density at radius 1 is 0.340 bits per heavy atom. The van der Waals surface area contributed by atoms with Crippen molar-refractivity contribution in [2.75, 3.05) is 47.5 Å². The number of quaternary nitrogens is 1. The Bertz CT molecular complexity index is 2100. The van der Waals surface area contributed by atoms with Crippen molar-refractivity contribution in [3.8, 4) is 0 Å². The molecule has 1 N–H and O–H groups in total. The van der Waals surface area contributed by atoms with Crippen molar-refractivity contribution in [1.29, 1.82) is 0 Å². The van der Waals surface area contributed by atoms with E-state index in [9.17, 15) is 19.0 Å². The van der Waals surface area contributed by atoms with Gasteiger partial charge in [-0.05, 0) is 122 Å². The zero-order valence-electron chi connectivity index (χ0n) is 61.4. The molecule has 0 fully saturated rings. The number of carbonyl (C=O) groups excluding carboxylic acids is 2. The van der Waals surface area contributed by atoms with Crippen LogP contribution >= 0.6 is 7.82 Å². The summed E-state index contributed by atoms with van der Waals surface area (Å²) in [4.78, 5) is 36.0. The Kier molecular flexibility index (Phi) is 69.9. The summed E-state index contributed by atoms with van der Waals surface area (Å²) < 4.78 is 34.8. The van der Waals surface area contributed by atoms with Crippen LogP contribution in [-0.2, 0) is 32.7 Å². The standard InChI is InChI=1S/C84H144NO8P/c1-6-8-10-12-14-16-18-20-22-24-26-28-30-32-34-36-37-38-39-40-41-42-43-44-45-46-47-49-51-53-55-57-59-61-63-65-67-69-71-73-75-77-84(87)93-82(81-92-94(88,89)91-79-78-85(3,4)5)80-90-83(86)76-74-72-70-68-66-64-62-60-58-56-54-52-50-48-35-33-31-29-27-25-23-21-19-17-15-13-11-9-7-2/h8,10,14,16,19-22,25-28,31-34,37-38,40-41,43-44,46-47,82H,6-7,9,11-13,15,17-18,23-24,29-30,35-36,39,42,45,48-81H2,1-5H3/p+1/b10-8-,16-14-,21-19-,22-20-,27-25-,28-26-,33-31-,34-32-,38-37-,41-40-,44-43-,47-46-. The highest BCUT2D eigenvalue weighted by atomic mass is 31.2. The lowest BCUT2D eigenvalue weighted by Crippen LogP contribution is -2.37. The third-order valence-corrected chi connectivity index (χ3v) is 17.3. The summed E-state index contributed by atoms with van der Waals surface area (Å²) in [5, 5.41) is 0. The summed E-state index contributed by atoms with van der Waals surface area (Å²) in [6, 6.07) is 0. The number of hydrogen-bond acceptors (Lipinski definition) is 7. The van der Waals surface area contributed by atoms with Gasteiger partial charge in [0.05, 0.1) is 27.7 Å². The van der Waals surface area contributed by atoms with Crippen molar-refractivity contribution in [2.24, 2.45) is 0 Å². The van der Waals surface area contributed by atoms with Gasteiger partial charge in [-0.15, -0.1) is 0 Å². The summed E-state index contributed by atoms with van der Waals surface area (Å²) in [5.41, 5.74) is 0. The maximum Gasteiger partial charge on any atom is 0.472 e. The second-order valence-electron chi connectivity index (χ2n) is 26.7. The SMILES string of the molecule is CC/C=C\C/C=C\C/C=C\C/C=C\C/C=C\C/C=C\C/C=C\C/C=C\C/C=C\CCCCCCCCCCCCCCCC(=O)OC(COC(=O)CCCCCCCCCCCCCCCC/C=C\C/C=C\C/C=C\CCCCCCC)COP(=O)(O)OCC[N+](C)(C)C. The molecular weight excluding hydrogens is 1180 g/mol. The van der Waals surface area contributed by atoms with Gasteiger partial charge in [-0.1, -0.05) is 333 Å². The Morgan fingerprint density at radius 3 is 0.904 bits per heavy atom. The van der Waals surface area contributed by atoms with Gasteiger partial charge in [-0.2, -0.15) is 0 Å². The van der Waals surface area contributed by atoms with Crippen LogP contribution in [0.1, 0.15) is 322 Å². The number of allylic oxidation sites excluding steroid dienone is 24. The van der Waals surface area contributed by atoms with E-state index in [0.717, 1.165) is 109 Å². The van der Waals surface area contributed by atoms with E-state index >= 15 is 0 Å². The minimum atomic E-state index is -4.40. The maximum absolute atomic E-state index is 12.9. The molecule has 0 aliphatic rings. The summed E-state index contributed by atoms with van der Waals surface area (Å²) in [6.45, 7) is 4.33. The number of unbranched alkanes of at least 4 members (excludes halogenated alkanes) is 32. The fourth-order valence-electron chi connectivity index (χ4n) is 10.5. The molecule has 0 aliphatic heterocycles. The molecule has 0 spiro atoms. The van der Waals surface area contributed by atoms with Crippen molar-refractivity contribution < 1.29 is 42.1 Å². The third kappa shape index (κ3) is 76.9. The molecule has 0 bridgehead atoms. The number of phosphoric acid groups is 1. The lowest BCUT2D eigenvalue weighted by molar-refractivity contribution is -0.870. The van der Waals surface area contributed by atoms with Crippen molar-refractivity contribution in [2.45, 2.75) is 328 Å². The lowest BCUT2D eigenvalue weighted by Gasteiger charge is -2.24. The van der Waals surface area contributed by atoms with Gasteiger partial charge in [-0.25, -0.2) is 4.57 Å². The van der Waals surface area contributed by atoms with Gasteiger partial charge in [0.1, 0.15) is 19.8 Å². The minimum Gasteiger partial charge on any atom is -0.462 e. The van der Waals surface area contributed by atoms with Crippen LogP contribution < -0.4 is 0 Å². The predicted molar refractivity (Wildman–Crippen MR) is 408 cm³/mol. The fraction of sp³-hybridized carbons (Fsp3) is 0.690. The molecule has 0 aliphatic carbocycles. The number of esters is 2. The van der Waals surface area contributed by atoms with Gasteiger partial charge >= 0.3 is 19.8 Å². The number of nitrogens with zero attached hydrogens (tertiary/aromatic N) is 1. The van der Waals surface area contributed by atoms with Crippen LogP contribution in [0.3, 0.4) is 0 Å². The largest absolute Gasteiger partial charge is 0.472 e. The quantitative estimate of drug-likeness (QED) is 0.0211. The van der Waals surface area contributed by atoms with Gasteiger partial charge in [0, 0.05) is 12.8 Å². The first-order valence-electron chi connectivity index (χ1n) is 38.6. The third-order valence-electron chi connectivity index (χ3n) is 16.4. The van der Waals surface area contributed by atoms with Crippen LogP contribution in [0.2, 0.25) is 0 Å². The van der Waals surface area contributed by atoms with Crippen LogP contribution in [0.5, 0.6) is 0 Å². The van der Waals surface area contributed by atoms with Crippen LogP contribution in [-0.4, -0.2) is 74.9 Å². The Morgan fingerprint density at radius 2 is 0.606 bits per heavy atom. The molecule has 0 aromatic rings. The monoisotopic (exact) mass is 1330 g/mol. The zero-order valence-corrected chi connectivity index (χ0v) is 62.3. The van der Waals surface area contributed by atoms with E-state index in [0.29, 0.717) is 17.4 Å². The van der Waals surface area contributed by atoms with E-state index in [1.165, 1.54) is 180 Å². The molecule has 0 saturated heterocycles. The molecule has 2 unspecified atom stereocenters. The highest BCUT2D eigenvalue weighted by Crippen LogP contribution is 2.43. The molecule has 9 nitrogen and oxygen atoms in total. The second-order valence-corrected chi connectivity index (χ2v) is 28.1. The van der Waals surface area contributed by atoms with E-state index in [1.807, 2.05) is 21.1 Å². The summed E-state index contributed by atoms with van der Waals surface area (Å²) >= 11 is 0. The molecule has 0 aromatic heterocycles. The number of hydrogen-bond donors (Lipinski definition) is 1. The van der Waals surface area contributed by atoms with Crippen LogP contribution in [0.25, 0.3) is 0 Å². The highest BCUT2D eigenvalue weighted by molar-refractivity contribution is 7.47. The van der Waals surface area contributed by atoms with Gasteiger partial charge in [0.15, 0.2) is 6.10 Å². The van der Waals surface area contributed by atoms with Crippen LogP contribution in [0.15, 0.2) is 146 Å². The van der Waals surface area contributed by atoms with E-state index in [1.54, 1.807) is 0 Å². The smallest absolute Gasteiger partial charge is 0.462 e. The molecular formula is C84H145NO8P+. The van der Waals surface area contributed by atoms with Crippen molar-refractivity contribution in [1.82, 2.24) is 0 Å². The average Bonchev–Trinajstić information content (AvgIpc) is 1.57. The van der Waals surface area contributed by atoms with Gasteiger partial charge in [0.25, 0.3) is 0 Å². The van der Waals surface area contributed by atoms with Crippen LogP contribution in [0, 0.1) is 0 Å². The molecule has 0 rings (SSSR count). The van der Waals surface area contributed by atoms with Crippen LogP contribution in [0.4, 0.5) is 0 Å². The summed E-state index contributed by atoms with van der Waals surface area (Å²) in [5.74, 6) is -0.796. The number of phosphoric ester groups is 1. The Labute approximate surface area is 580 Å². The van der Waals surface area contributed by atoms with Crippen molar-refractivity contribution in [3.05, 3.63) is 146 Å². The summed E-state index contributed by atoms with van der Waals surface area (Å²) in [7, 11) is 1.47. The number of likely N-dealkylation sites (N-methyl/N-ethyl adjacent to an activating group) is 1. The molecule has 0 amide bonds. The first-order valence-corrected chi connectivity index (χ1v) is 40.1. The molecule has 0 aromatic carbocycles. The highest BCUT2D eigenvalue weighted by Gasteiger charge is 2.27. The summed E-state index contributed by atoms with van der Waals surface area (Å²) in [6.07, 6.45) is 108. The number of carbonyl (C=O) groups is 2. The fourth-order valence-corrected chi connectivity index (χ4v) is 11.2. The molecule has 94 heavy (non-hydrogen) atoms. The van der Waals surface area contributed by atoms with E-state index in [4.69, 9.17) is 18.5 Å². The topological polar surface area (TPSA) is 108 Å². The van der Waals surface area contributed by atoms with E-state index in [-0.39, 0.29) is 32.0 Å².